The maximum atomic E-state index is 12.7. The van der Waals surface area contributed by atoms with Crippen LogP contribution in [0.1, 0.15) is 50.9 Å². The molecule has 2 aromatic heterocycles. The van der Waals surface area contributed by atoms with Gasteiger partial charge in [0.2, 0.25) is 11.8 Å². The Labute approximate surface area is 188 Å². The number of pyridine rings is 1. The largest absolute Gasteiger partial charge is 0.353 e. The van der Waals surface area contributed by atoms with Crippen LogP contribution in [-0.2, 0) is 11.2 Å². The first-order valence-corrected chi connectivity index (χ1v) is 11.3. The van der Waals surface area contributed by atoms with E-state index >= 15 is 0 Å². The molecule has 1 unspecified atom stereocenters. The molecule has 1 N–H and O–H groups in total. The first-order valence-electron chi connectivity index (χ1n) is 11.3. The molecule has 0 spiro atoms. The lowest BCUT2D eigenvalue weighted by Crippen LogP contribution is -2.49. The Hall–Kier alpha value is -3.17. The summed E-state index contributed by atoms with van der Waals surface area (Å²) in [5.74, 6) is 2.00. The van der Waals surface area contributed by atoms with Crippen molar-refractivity contribution in [3.05, 3.63) is 36.1 Å². The molecule has 0 bridgehead atoms. The summed E-state index contributed by atoms with van der Waals surface area (Å²) in [6.45, 7) is 7.43. The summed E-state index contributed by atoms with van der Waals surface area (Å²) >= 11 is 0. The fourth-order valence-electron chi connectivity index (χ4n) is 4.21. The highest BCUT2D eigenvalue weighted by atomic mass is 16.5. The molecular formula is C22H31N7O3. The van der Waals surface area contributed by atoms with Gasteiger partial charge in [0.1, 0.15) is 5.82 Å². The number of anilines is 1. The van der Waals surface area contributed by atoms with Crippen LogP contribution in [0, 0.1) is 0 Å². The zero-order valence-corrected chi connectivity index (χ0v) is 18.7. The number of amides is 3. The van der Waals surface area contributed by atoms with Crippen LogP contribution in [0.4, 0.5) is 10.6 Å². The number of nitrogens with zero attached hydrogens (tertiary/aromatic N) is 6. The zero-order chi connectivity index (χ0) is 22.5. The van der Waals surface area contributed by atoms with Crippen molar-refractivity contribution in [1.82, 2.24) is 30.2 Å². The second kappa shape index (κ2) is 9.97. The van der Waals surface area contributed by atoms with Gasteiger partial charge in [-0.25, -0.2) is 9.78 Å². The van der Waals surface area contributed by atoms with Crippen molar-refractivity contribution in [2.75, 3.05) is 37.6 Å². The lowest BCUT2D eigenvalue weighted by Gasteiger charge is -2.35. The summed E-state index contributed by atoms with van der Waals surface area (Å²) in [5, 5.41) is 7.02. The molecule has 2 aliphatic rings. The number of carbonyl (C=O) groups excluding carboxylic acids is 2. The Balaban J connectivity index is 1.26. The highest BCUT2D eigenvalue weighted by Crippen LogP contribution is 2.30. The predicted octanol–water partition coefficient (Wildman–Crippen LogP) is 2.00. The third kappa shape index (κ3) is 5.17. The van der Waals surface area contributed by atoms with E-state index in [0.717, 1.165) is 31.7 Å². The predicted molar refractivity (Wildman–Crippen MR) is 118 cm³/mol. The highest BCUT2D eigenvalue weighted by molar-refractivity contribution is 5.76. The number of urea groups is 1. The molecule has 2 aromatic rings. The minimum atomic E-state index is -0.179. The van der Waals surface area contributed by atoms with Crippen molar-refractivity contribution in [2.24, 2.45) is 0 Å². The van der Waals surface area contributed by atoms with E-state index in [-0.39, 0.29) is 24.0 Å². The molecule has 4 rings (SSSR count). The van der Waals surface area contributed by atoms with Crippen LogP contribution >= 0.6 is 0 Å². The fourth-order valence-corrected chi connectivity index (χ4v) is 4.21. The average Bonchev–Trinajstić information content (AvgIpc) is 3.47. The smallest absolute Gasteiger partial charge is 0.318 e. The molecule has 10 heteroatoms. The van der Waals surface area contributed by atoms with Crippen molar-refractivity contribution in [3.63, 3.8) is 0 Å². The van der Waals surface area contributed by atoms with Crippen LogP contribution < -0.4 is 10.2 Å². The molecule has 1 atom stereocenters. The first kappa shape index (κ1) is 22.0. The van der Waals surface area contributed by atoms with Crippen LogP contribution in [0.25, 0.3) is 0 Å². The molecule has 0 radical (unpaired) electrons. The van der Waals surface area contributed by atoms with Gasteiger partial charge in [-0.3, -0.25) is 4.79 Å². The Morgan fingerprint density at radius 1 is 1.19 bits per heavy atom. The van der Waals surface area contributed by atoms with Gasteiger partial charge in [0.15, 0.2) is 5.82 Å². The Morgan fingerprint density at radius 3 is 2.72 bits per heavy atom. The molecule has 0 aromatic carbocycles. The molecule has 10 nitrogen and oxygen atoms in total. The van der Waals surface area contributed by atoms with Gasteiger partial charge in [0, 0.05) is 57.8 Å². The van der Waals surface area contributed by atoms with Gasteiger partial charge in [-0.05, 0) is 38.8 Å². The van der Waals surface area contributed by atoms with E-state index in [9.17, 15) is 9.59 Å². The van der Waals surface area contributed by atoms with Gasteiger partial charge >= 0.3 is 6.03 Å². The number of rotatable bonds is 6. The normalized spacial score (nSPS) is 19.0. The van der Waals surface area contributed by atoms with E-state index in [1.807, 2.05) is 36.9 Å². The fraction of sp³-hybridized carbons (Fsp3) is 0.591. The van der Waals surface area contributed by atoms with E-state index < -0.39 is 0 Å². The van der Waals surface area contributed by atoms with E-state index in [1.165, 1.54) is 0 Å². The Kier molecular flexibility index (Phi) is 6.87. The number of carbonyl (C=O) groups is 2. The highest BCUT2D eigenvalue weighted by Gasteiger charge is 2.33. The summed E-state index contributed by atoms with van der Waals surface area (Å²) in [4.78, 5) is 39.8. The van der Waals surface area contributed by atoms with Crippen molar-refractivity contribution in [1.29, 1.82) is 0 Å². The maximum Gasteiger partial charge on any atom is 0.318 e. The lowest BCUT2D eigenvalue weighted by molar-refractivity contribution is -0.131. The first-order chi connectivity index (χ1) is 15.5. The second-order valence-corrected chi connectivity index (χ2v) is 8.56. The average molecular weight is 442 g/mol. The number of aryl methyl sites for hydroxylation is 1. The number of hydrogen-bond donors (Lipinski definition) is 1. The van der Waals surface area contributed by atoms with E-state index in [2.05, 4.69) is 25.3 Å². The monoisotopic (exact) mass is 441 g/mol. The molecule has 0 aliphatic carbocycles. The molecule has 2 fully saturated rings. The summed E-state index contributed by atoms with van der Waals surface area (Å²) in [7, 11) is 0. The number of piperazine rings is 1. The quantitative estimate of drug-likeness (QED) is 0.730. The molecule has 4 heterocycles. The van der Waals surface area contributed by atoms with E-state index in [1.54, 1.807) is 11.1 Å². The van der Waals surface area contributed by atoms with Crippen LogP contribution in [0.5, 0.6) is 0 Å². The van der Waals surface area contributed by atoms with Crippen LogP contribution in [-0.4, -0.2) is 75.6 Å². The molecular weight excluding hydrogens is 410 g/mol. The Bertz CT molecular complexity index is 909. The molecule has 3 amide bonds. The van der Waals surface area contributed by atoms with Gasteiger partial charge in [0.25, 0.3) is 0 Å². The van der Waals surface area contributed by atoms with E-state index in [0.29, 0.717) is 44.2 Å². The minimum absolute atomic E-state index is 0.0708. The van der Waals surface area contributed by atoms with Crippen molar-refractivity contribution in [2.45, 2.75) is 51.6 Å². The molecule has 0 saturated carbocycles. The number of nitrogens with one attached hydrogen (secondary N) is 1. The van der Waals surface area contributed by atoms with Crippen LogP contribution in [0.3, 0.4) is 0 Å². The maximum absolute atomic E-state index is 12.7. The van der Waals surface area contributed by atoms with Crippen LogP contribution in [0.2, 0.25) is 0 Å². The van der Waals surface area contributed by atoms with Gasteiger partial charge in [0.05, 0.1) is 6.04 Å². The lowest BCUT2D eigenvalue weighted by atomic mass is 10.2. The van der Waals surface area contributed by atoms with Gasteiger partial charge in [-0.1, -0.05) is 11.2 Å². The SMILES string of the molecule is CC(C)NC(=O)N1CCCC1c1noc(CCC(=O)N2CCN(c3ccccn3)CC2)n1. The topological polar surface area (TPSA) is 108 Å². The van der Waals surface area contributed by atoms with E-state index in [4.69, 9.17) is 4.52 Å². The summed E-state index contributed by atoms with van der Waals surface area (Å²) in [6, 6.07) is 5.65. The molecule has 32 heavy (non-hydrogen) atoms. The standard InChI is InChI=1S/C22H31N7O3/c1-16(2)24-22(31)29-11-5-6-17(29)21-25-19(32-26-21)8-9-20(30)28-14-12-27(13-15-28)18-7-3-4-10-23-18/h3-4,7,10,16-17H,5-6,8-9,11-15H2,1-2H3,(H,24,31). The number of likely N-dealkylation sites (tertiary alicyclic amines) is 1. The third-order valence-corrected chi connectivity index (χ3v) is 5.87. The van der Waals surface area contributed by atoms with Crippen molar-refractivity contribution < 1.29 is 14.1 Å². The number of aromatic nitrogens is 3. The summed E-state index contributed by atoms with van der Waals surface area (Å²) in [5.41, 5.74) is 0. The Morgan fingerprint density at radius 2 is 2.00 bits per heavy atom. The summed E-state index contributed by atoms with van der Waals surface area (Å²) < 4.78 is 5.39. The zero-order valence-electron chi connectivity index (χ0n) is 18.7. The molecule has 2 saturated heterocycles. The van der Waals surface area contributed by atoms with Crippen LogP contribution in [0.15, 0.2) is 28.9 Å². The summed E-state index contributed by atoms with van der Waals surface area (Å²) in [6.07, 6.45) is 4.23. The molecule has 2 aliphatic heterocycles. The second-order valence-electron chi connectivity index (χ2n) is 8.56. The van der Waals surface area contributed by atoms with Gasteiger partial charge in [-0.2, -0.15) is 4.98 Å². The van der Waals surface area contributed by atoms with Gasteiger partial charge in [-0.15, -0.1) is 0 Å². The van der Waals surface area contributed by atoms with Crippen molar-refractivity contribution in [3.8, 4) is 0 Å². The number of hydrogen-bond acceptors (Lipinski definition) is 7. The van der Waals surface area contributed by atoms with Gasteiger partial charge < -0.3 is 24.5 Å². The minimum Gasteiger partial charge on any atom is -0.353 e. The third-order valence-electron chi connectivity index (χ3n) is 5.87. The molecule has 172 valence electrons. The van der Waals surface area contributed by atoms with Crippen molar-refractivity contribution >= 4 is 17.8 Å².